The molecule has 1 aliphatic rings. The standard InChI is InChI=1S/C25H34N2O3/c1-2-23(24(28)20-10-5-3-6-11-20)26-25(29)21-12-14-22(15-13-21)30-19-9-18-27-16-7-4-8-17-27/h3,5-6,10-15,23-24,28H,2,4,7-9,16-19H2,1H3,(H,26,29). The summed E-state index contributed by atoms with van der Waals surface area (Å²) in [7, 11) is 0. The Morgan fingerprint density at radius 2 is 1.77 bits per heavy atom. The summed E-state index contributed by atoms with van der Waals surface area (Å²) in [5, 5.41) is 13.6. The number of aliphatic hydroxyl groups is 1. The van der Waals surface area contributed by atoms with Gasteiger partial charge in [0.15, 0.2) is 0 Å². The van der Waals surface area contributed by atoms with Crippen molar-refractivity contribution in [1.82, 2.24) is 10.2 Å². The highest BCUT2D eigenvalue weighted by molar-refractivity contribution is 5.94. The van der Waals surface area contributed by atoms with E-state index >= 15 is 0 Å². The minimum Gasteiger partial charge on any atom is -0.494 e. The number of nitrogens with one attached hydrogen (secondary N) is 1. The van der Waals surface area contributed by atoms with Crippen molar-refractivity contribution in [1.29, 1.82) is 0 Å². The molecule has 30 heavy (non-hydrogen) atoms. The molecule has 0 bridgehead atoms. The number of nitrogens with zero attached hydrogens (tertiary/aromatic N) is 1. The van der Waals surface area contributed by atoms with Gasteiger partial charge in [0.25, 0.3) is 5.91 Å². The molecule has 5 nitrogen and oxygen atoms in total. The monoisotopic (exact) mass is 410 g/mol. The van der Waals surface area contributed by atoms with Crippen LogP contribution in [0.5, 0.6) is 5.75 Å². The predicted molar refractivity (Wildman–Crippen MR) is 120 cm³/mol. The summed E-state index contributed by atoms with van der Waals surface area (Å²) in [5.41, 5.74) is 1.37. The number of rotatable bonds is 10. The molecule has 0 radical (unpaired) electrons. The number of carbonyl (C=O) groups excluding carboxylic acids is 1. The average molecular weight is 411 g/mol. The van der Waals surface area contributed by atoms with E-state index in [0.29, 0.717) is 18.6 Å². The second-order valence-electron chi connectivity index (χ2n) is 7.97. The van der Waals surface area contributed by atoms with Gasteiger partial charge in [0.05, 0.1) is 18.8 Å². The fourth-order valence-electron chi connectivity index (χ4n) is 3.90. The maximum atomic E-state index is 12.6. The Labute approximate surface area is 180 Å². The van der Waals surface area contributed by atoms with Crippen LogP contribution in [-0.4, -0.2) is 48.2 Å². The van der Waals surface area contributed by atoms with Crippen molar-refractivity contribution in [3.63, 3.8) is 0 Å². The average Bonchev–Trinajstić information content (AvgIpc) is 2.81. The normalized spacial score (nSPS) is 16.6. The number of likely N-dealkylation sites (tertiary alicyclic amines) is 1. The molecule has 1 heterocycles. The lowest BCUT2D eigenvalue weighted by molar-refractivity contribution is 0.0827. The van der Waals surface area contributed by atoms with Gasteiger partial charge >= 0.3 is 0 Å². The highest BCUT2D eigenvalue weighted by atomic mass is 16.5. The van der Waals surface area contributed by atoms with Crippen LogP contribution in [0, 0.1) is 0 Å². The molecular formula is C25H34N2O3. The van der Waals surface area contributed by atoms with E-state index in [9.17, 15) is 9.90 Å². The van der Waals surface area contributed by atoms with Crippen LogP contribution in [0.2, 0.25) is 0 Å². The molecule has 2 aromatic rings. The quantitative estimate of drug-likeness (QED) is 0.577. The molecule has 0 aromatic heterocycles. The summed E-state index contributed by atoms with van der Waals surface area (Å²) < 4.78 is 5.83. The van der Waals surface area contributed by atoms with Crippen LogP contribution in [0.1, 0.15) is 61.1 Å². The number of ether oxygens (including phenoxy) is 1. The van der Waals surface area contributed by atoms with Crippen LogP contribution >= 0.6 is 0 Å². The Morgan fingerprint density at radius 1 is 1.07 bits per heavy atom. The van der Waals surface area contributed by atoms with Crippen molar-refractivity contribution in [2.75, 3.05) is 26.2 Å². The van der Waals surface area contributed by atoms with Gasteiger partial charge in [0, 0.05) is 12.1 Å². The maximum absolute atomic E-state index is 12.6. The van der Waals surface area contributed by atoms with Crippen LogP contribution in [-0.2, 0) is 0 Å². The van der Waals surface area contributed by atoms with Gasteiger partial charge in [-0.15, -0.1) is 0 Å². The second-order valence-corrected chi connectivity index (χ2v) is 7.97. The minimum absolute atomic E-state index is 0.187. The first-order valence-corrected chi connectivity index (χ1v) is 11.2. The van der Waals surface area contributed by atoms with Crippen molar-refractivity contribution >= 4 is 5.91 Å². The molecular weight excluding hydrogens is 376 g/mol. The number of hydrogen-bond acceptors (Lipinski definition) is 4. The van der Waals surface area contributed by atoms with Gasteiger partial charge in [-0.1, -0.05) is 43.7 Å². The number of aliphatic hydroxyl groups excluding tert-OH is 1. The van der Waals surface area contributed by atoms with E-state index in [2.05, 4.69) is 10.2 Å². The zero-order valence-electron chi connectivity index (χ0n) is 17.9. The topological polar surface area (TPSA) is 61.8 Å². The van der Waals surface area contributed by atoms with Crippen molar-refractivity contribution in [2.45, 2.75) is 51.2 Å². The lowest BCUT2D eigenvalue weighted by Crippen LogP contribution is -2.38. The first-order valence-electron chi connectivity index (χ1n) is 11.2. The molecule has 0 spiro atoms. The van der Waals surface area contributed by atoms with E-state index in [1.165, 1.54) is 32.4 Å². The Balaban J connectivity index is 1.45. The summed E-state index contributed by atoms with van der Waals surface area (Å²) in [6.07, 6.45) is 4.90. The Kier molecular flexibility index (Phi) is 8.72. The lowest BCUT2D eigenvalue weighted by Gasteiger charge is -2.26. The Hall–Kier alpha value is -2.37. The van der Waals surface area contributed by atoms with E-state index in [4.69, 9.17) is 4.74 Å². The van der Waals surface area contributed by atoms with E-state index in [-0.39, 0.29) is 11.9 Å². The molecule has 5 heteroatoms. The highest BCUT2D eigenvalue weighted by Crippen LogP contribution is 2.20. The van der Waals surface area contributed by atoms with Gasteiger partial charge in [0.2, 0.25) is 0 Å². The van der Waals surface area contributed by atoms with E-state index < -0.39 is 6.10 Å². The third kappa shape index (κ3) is 6.57. The van der Waals surface area contributed by atoms with E-state index in [0.717, 1.165) is 24.3 Å². The summed E-state index contributed by atoms with van der Waals surface area (Å²) in [4.78, 5) is 15.1. The molecule has 2 unspecified atom stereocenters. The lowest BCUT2D eigenvalue weighted by atomic mass is 10.00. The van der Waals surface area contributed by atoms with Crippen LogP contribution in [0.4, 0.5) is 0 Å². The third-order valence-electron chi connectivity index (χ3n) is 5.73. The van der Waals surface area contributed by atoms with Crippen molar-refractivity contribution < 1.29 is 14.6 Å². The smallest absolute Gasteiger partial charge is 0.251 e. The number of amides is 1. The first kappa shape index (κ1) is 22.3. The Morgan fingerprint density at radius 3 is 2.43 bits per heavy atom. The van der Waals surface area contributed by atoms with Crippen LogP contribution in [0.3, 0.4) is 0 Å². The summed E-state index contributed by atoms with van der Waals surface area (Å²) >= 11 is 0. The minimum atomic E-state index is -0.734. The zero-order valence-corrected chi connectivity index (χ0v) is 17.9. The van der Waals surface area contributed by atoms with Crippen molar-refractivity contribution in [2.24, 2.45) is 0 Å². The SMILES string of the molecule is CCC(NC(=O)c1ccc(OCCCN2CCCCC2)cc1)C(O)c1ccccc1. The first-order chi connectivity index (χ1) is 14.7. The van der Waals surface area contributed by atoms with Crippen LogP contribution in [0.15, 0.2) is 54.6 Å². The largest absolute Gasteiger partial charge is 0.494 e. The van der Waals surface area contributed by atoms with E-state index in [1.807, 2.05) is 49.4 Å². The number of hydrogen-bond donors (Lipinski definition) is 2. The summed E-state index contributed by atoms with van der Waals surface area (Å²) in [5.74, 6) is 0.593. The molecule has 2 atom stereocenters. The zero-order chi connectivity index (χ0) is 21.2. The van der Waals surface area contributed by atoms with Crippen LogP contribution < -0.4 is 10.1 Å². The fourth-order valence-corrected chi connectivity index (χ4v) is 3.90. The molecule has 2 N–H and O–H groups in total. The molecule has 162 valence electrons. The van der Waals surface area contributed by atoms with Crippen molar-refractivity contribution in [3.05, 3.63) is 65.7 Å². The molecule has 2 aromatic carbocycles. The molecule has 0 aliphatic carbocycles. The highest BCUT2D eigenvalue weighted by Gasteiger charge is 2.21. The van der Waals surface area contributed by atoms with Crippen molar-refractivity contribution in [3.8, 4) is 5.75 Å². The second kappa shape index (κ2) is 11.7. The van der Waals surface area contributed by atoms with Gasteiger partial charge in [0.1, 0.15) is 5.75 Å². The number of carbonyl (C=O) groups is 1. The maximum Gasteiger partial charge on any atom is 0.251 e. The van der Waals surface area contributed by atoms with E-state index in [1.54, 1.807) is 12.1 Å². The molecule has 3 rings (SSSR count). The number of piperidine rings is 1. The molecule has 1 saturated heterocycles. The van der Waals surface area contributed by atoms with Crippen LogP contribution in [0.25, 0.3) is 0 Å². The number of benzene rings is 2. The molecule has 1 amide bonds. The molecule has 0 saturated carbocycles. The van der Waals surface area contributed by atoms with Gasteiger partial charge < -0.3 is 20.1 Å². The summed E-state index contributed by atoms with van der Waals surface area (Å²) in [6.45, 7) is 6.15. The molecule has 1 aliphatic heterocycles. The fraction of sp³-hybridized carbons (Fsp3) is 0.480. The van der Waals surface area contributed by atoms with Gasteiger partial charge in [-0.25, -0.2) is 0 Å². The molecule has 1 fully saturated rings. The summed E-state index contributed by atoms with van der Waals surface area (Å²) in [6, 6.07) is 16.3. The van der Waals surface area contributed by atoms with Gasteiger partial charge in [-0.2, -0.15) is 0 Å². The van der Waals surface area contributed by atoms with Gasteiger partial charge in [-0.05, 0) is 68.6 Å². The third-order valence-corrected chi connectivity index (χ3v) is 5.73. The Bertz CT molecular complexity index is 758. The predicted octanol–water partition coefficient (Wildman–Crippen LogP) is 4.18. The van der Waals surface area contributed by atoms with Gasteiger partial charge in [-0.3, -0.25) is 4.79 Å².